The Morgan fingerprint density at radius 2 is 2.14 bits per heavy atom. The lowest BCUT2D eigenvalue weighted by Gasteiger charge is -2.40. The Morgan fingerprint density at radius 3 is 2.67 bits per heavy atom. The fraction of sp³-hybridized carbons (Fsp3) is 0.667. The number of carbonyl (C=O) groups excluding carboxylic acids is 2. The van der Waals surface area contributed by atoms with Gasteiger partial charge in [-0.2, -0.15) is 0 Å². The molecule has 1 aliphatic carbocycles. The summed E-state index contributed by atoms with van der Waals surface area (Å²) in [6, 6.07) is 0.998. The predicted octanol–water partition coefficient (Wildman–Crippen LogP) is 1.24. The third kappa shape index (κ3) is 2.66. The van der Waals surface area contributed by atoms with Crippen molar-refractivity contribution in [2.24, 2.45) is 11.8 Å². The fourth-order valence-corrected chi connectivity index (χ4v) is 3.00. The summed E-state index contributed by atoms with van der Waals surface area (Å²) in [4.78, 5) is 26.8. The van der Waals surface area contributed by atoms with Crippen LogP contribution in [0.15, 0.2) is 10.6 Å². The van der Waals surface area contributed by atoms with Crippen LogP contribution < -0.4 is 5.32 Å². The standard InChI is InChI=1S/C15H21N3O3/c1-8(2)13-14(19)16-12(10-4-5-10)15(20)18(13)7-11-6-9(3)17-21-11/h6,8,10,12-13H,4-5,7H2,1-3H3,(H,16,19). The third-order valence-electron chi connectivity index (χ3n) is 4.18. The Labute approximate surface area is 123 Å². The van der Waals surface area contributed by atoms with Gasteiger partial charge in [-0.15, -0.1) is 0 Å². The number of aryl methyl sites for hydroxylation is 1. The topological polar surface area (TPSA) is 75.4 Å². The first-order valence-corrected chi connectivity index (χ1v) is 7.50. The second kappa shape index (κ2) is 5.16. The van der Waals surface area contributed by atoms with Crippen LogP contribution >= 0.6 is 0 Å². The number of aromatic nitrogens is 1. The lowest BCUT2D eigenvalue weighted by Crippen LogP contribution is -2.65. The Morgan fingerprint density at radius 1 is 1.43 bits per heavy atom. The number of nitrogens with zero attached hydrogens (tertiary/aromatic N) is 2. The molecule has 2 fully saturated rings. The van der Waals surface area contributed by atoms with Crippen molar-refractivity contribution in [2.75, 3.05) is 0 Å². The number of piperazine rings is 1. The predicted molar refractivity (Wildman–Crippen MR) is 75.1 cm³/mol. The van der Waals surface area contributed by atoms with E-state index in [1.54, 1.807) is 4.90 Å². The van der Waals surface area contributed by atoms with Gasteiger partial charge < -0.3 is 14.7 Å². The van der Waals surface area contributed by atoms with E-state index >= 15 is 0 Å². The molecular formula is C15H21N3O3. The fourth-order valence-electron chi connectivity index (χ4n) is 3.00. The molecule has 114 valence electrons. The van der Waals surface area contributed by atoms with Gasteiger partial charge in [0.05, 0.1) is 12.2 Å². The molecule has 1 aromatic rings. The normalized spacial score (nSPS) is 26.4. The molecule has 0 spiro atoms. The summed E-state index contributed by atoms with van der Waals surface area (Å²) in [7, 11) is 0. The van der Waals surface area contributed by atoms with E-state index in [4.69, 9.17) is 4.52 Å². The summed E-state index contributed by atoms with van der Waals surface area (Å²) in [5.74, 6) is 0.921. The maximum Gasteiger partial charge on any atom is 0.246 e. The zero-order chi connectivity index (χ0) is 15.1. The number of rotatable bonds is 4. The van der Waals surface area contributed by atoms with Gasteiger partial charge in [0.2, 0.25) is 11.8 Å². The van der Waals surface area contributed by atoms with Crippen molar-refractivity contribution < 1.29 is 14.1 Å². The minimum absolute atomic E-state index is 0.00449. The molecule has 2 unspecified atom stereocenters. The quantitative estimate of drug-likeness (QED) is 0.905. The number of nitrogens with one attached hydrogen (secondary N) is 1. The summed E-state index contributed by atoms with van der Waals surface area (Å²) < 4.78 is 5.21. The Kier molecular flexibility index (Phi) is 3.47. The molecule has 1 saturated heterocycles. The van der Waals surface area contributed by atoms with E-state index in [2.05, 4.69) is 10.5 Å². The molecular weight excluding hydrogens is 270 g/mol. The minimum atomic E-state index is -0.446. The van der Waals surface area contributed by atoms with Gasteiger partial charge in [0.25, 0.3) is 0 Å². The van der Waals surface area contributed by atoms with Crippen LogP contribution in [-0.2, 0) is 16.1 Å². The smallest absolute Gasteiger partial charge is 0.246 e. The lowest BCUT2D eigenvalue weighted by molar-refractivity contribution is -0.152. The van der Waals surface area contributed by atoms with Gasteiger partial charge in [-0.3, -0.25) is 9.59 Å². The molecule has 6 heteroatoms. The first kappa shape index (κ1) is 14.1. The van der Waals surface area contributed by atoms with Crippen molar-refractivity contribution in [3.63, 3.8) is 0 Å². The first-order chi connectivity index (χ1) is 9.97. The molecule has 1 saturated carbocycles. The van der Waals surface area contributed by atoms with Gasteiger partial charge in [-0.25, -0.2) is 0 Å². The molecule has 6 nitrogen and oxygen atoms in total. The molecule has 0 aromatic carbocycles. The van der Waals surface area contributed by atoms with E-state index < -0.39 is 6.04 Å². The van der Waals surface area contributed by atoms with Crippen molar-refractivity contribution in [3.05, 3.63) is 17.5 Å². The van der Waals surface area contributed by atoms with E-state index in [0.717, 1.165) is 18.5 Å². The highest BCUT2D eigenvalue weighted by Crippen LogP contribution is 2.36. The summed E-state index contributed by atoms with van der Waals surface area (Å²) in [6.07, 6.45) is 2.02. The van der Waals surface area contributed by atoms with Crippen LogP contribution in [0.1, 0.15) is 38.1 Å². The summed E-state index contributed by atoms with van der Waals surface area (Å²) in [6.45, 7) is 6.05. The maximum absolute atomic E-state index is 12.7. The van der Waals surface area contributed by atoms with Crippen LogP contribution in [0.5, 0.6) is 0 Å². The molecule has 2 heterocycles. The molecule has 3 rings (SSSR count). The molecule has 0 bridgehead atoms. The number of amides is 2. The van der Waals surface area contributed by atoms with Gasteiger partial charge >= 0.3 is 0 Å². The van der Waals surface area contributed by atoms with E-state index in [9.17, 15) is 9.59 Å². The minimum Gasteiger partial charge on any atom is -0.359 e. The molecule has 2 aliphatic rings. The van der Waals surface area contributed by atoms with Crippen LogP contribution in [0.25, 0.3) is 0 Å². The van der Waals surface area contributed by atoms with Crippen LogP contribution in [-0.4, -0.2) is 34.0 Å². The zero-order valence-electron chi connectivity index (χ0n) is 12.6. The summed E-state index contributed by atoms with van der Waals surface area (Å²) in [5.41, 5.74) is 0.777. The Balaban J connectivity index is 1.86. The third-order valence-corrected chi connectivity index (χ3v) is 4.18. The largest absolute Gasteiger partial charge is 0.359 e. The van der Waals surface area contributed by atoms with E-state index in [1.165, 1.54) is 0 Å². The molecule has 2 atom stereocenters. The second-order valence-corrected chi connectivity index (χ2v) is 6.41. The van der Waals surface area contributed by atoms with Crippen LogP contribution in [0.3, 0.4) is 0 Å². The number of carbonyl (C=O) groups is 2. The van der Waals surface area contributed by atoms with Gasteiger partial charge in [0.1, 0.15) is 12.1 Å². The monoisotopic (exact) mass is 291 g/mol. The van der Waals surface area contributed by atoms with Crippen LogP contribution in [0, 0.1) is 18.8 Å². The number of hydrogen-bond donors (Lipinski definition) is 1. The maximum atomic E-state index is 12.7. The van der Waals surface area contributed by atoms with Gasteiger partial charge in [-0.05, 0) is 31.6 Å². The highest BCUT2D eigenvalue weighted by molar-refractivity contribution is 5.97. The van der Waals surface area contributed by atoms with Gasteiger partial charge in [-0.1, -0.05) is 19.0 Å². The summed E-state index contributed by atoms with van der Waals surface area (Å²) in [5, 5.41) is 6.75. The van der Waals surface area contributed by atoms with E-state index in [1.807, 2.05) is 26.8 Å². The lowest BCUT2D eigenvalue weighted by atomic mass is 9.95. The van der Waals surface area contributed by atoms with E-state index in [0.29, 0.717) is 18.2 Å². The average Bonchev–Trinajstić information content (AvgIpc) is 3.17. The second-order valence-electron chi connectivity index (χ2n) is 6.41. The number of hydrogen-bond acceptors (Lipinski definition) is 4. The van der Waals surface area contributed by atoms with Crippen molar-refractivity contribution in [2.45, 2.75) is 52.2 Å². The summed E-state index contributed by atoms with van der Waals surface area (Å²) >= 11 is 0. The molecule has 2 amide bonds. The van der Waals surface area contributed by atoms with Gasteiger partial charge in [0.15, 0.2) is 5.76 Å². The first-order valence-electron chi connectivity index (χ1n) is 7.50. The molecule has 21 heavy (non-hydrogen) atoms. The Bertz CT molecular complexity index is 562. The van der Waals surface area contributed by atoms with Gasteiger partial charge in [0, 0.05) is 6.07 Å². The van der Waals surface area contributed by atoms with Crippen LogP contribution in [0.2, 0.25) is 0 Å². The molecule has 0 radical (unpaired) electrons. The van der Waals surface area contributed by atoms with Crippen LogP contribution in [0.4, 0.5) is 0 Å². The van der Waals surface area contributed by atoms with Crippen molar-refractivity contribution >= 4 is 11.8 Å². The van der Waals surface area contributed by atoms with Crippen molar-refractivity contribution in [1.29, 1.82) is 0 Å². The Hall–Kier alpha value is -1.85. The average molecular weight is 291 g/mol. The van der Waals surface area contributed by atoms with Crippen molar-refractivity contribution in [1.82, 2.24) is 15.4 Å². The molecule has 1 aromatic heterocycles. The highest BCUT2D eigenvalue weighted by Gasteiger charge is 2.47. The highest BCUT2D eigenvalue weighted by atomic mass is 16.5. The molecule has 1 N–H and O–H groups in total. The molecule has 1 aliphatic heterocycles. The van der Waals surface area contributed by atoms with Crippen molar-refractivity contribution in [3.8, 4) is 0 Å². The SMILES string of the molecule is Cc1cc(CN2C(=O)C(C3CC3)NC(=O)C2C(C)C)on1. The van der Waals surface area contributed by atoms with E-state index in [-0.39, 0.29) is 23.8 Å². The zero-order valence-corrected chi connectivity index (χ0v) is 12.6.